The van der Waals surface area contributed by atoms with Gasteiger partial charge in [0.25, 0.3) is 0 Å². The van der Waals surface area contributed by atoms with Crippen LogP contribution in [0.2, 0.25) is 0 Å². The number of aromatic nitrogens is 1. The monoisotopic (exact) mass is 366 g/mol. The number of carbonyl (C=O) groups is 1. The quantitative estimate of drug-likeness (QED) is 0.431. The van der Waals surface area contributed by atoms with Gasteiger partial charge in [-0.15, -0.1) is 0 Å². The van der Waals surface area contributed by atoms with Crippen LogP contribution in [0.4, 0.5) is 5.82 Å². The number of amides is 1. The SMILES string of the molecule is CCC(=O)Nc1nc2c(c3c1c(=O)oc1c(OC)cccc13)CCCCC2. The Morgan fingerprint density at radius 2 is 2.04 bits per heavy atom. The van der Waals surface area contributed by atoms with Gasteiger partial charge in [0.15, 0.2) is 11.3 Å². The summed E-state index contributed by atoms with van der Waals surface area (Å²) >= 11 is 0. The van der Waals surface area contributed by atoms with Crippen LogP contribution in [0.3, 0.4) is 0 Å². The predicted molar refractivity (Wildman–Crippen MR) is 105 cm³/mol. The Kier molecular flexibility index (Phi) is 4.56. The zero-order valence-corrected chi connectivity index (χ0v) is 15.6. The minimum atomic E-state index is -0.507. The Bertz CT molecular complexity index is 1100. The number of nitrogens with one attached hydrogen (secondary N) is 1. The second-order valence-electron chi connectivity index (χ2n) is 6.82. The van der Waals surface area contributed by atoms with Crippen molar-refractivity contribution < 1.29 is 13.9 Å². The lowest BCUT2D eigenvalue weighted by Gasteiger charge is -2.16. The lowest BCUT2D eigenvalue weighted by Crippen LogP contribution is -2.16. The number of benzene rings is 1. The molecule has 1 amide bonds. The van der Waals surface area contributed by atoms with E-state index in [-0.39, 0.29) is 5.91 Å². The number of pyridine rings is 1. The lowest BCUT2D eigenvalue weighted by molar-refractivity contribution is -0.115. The number of rotatable bonds is 3. The fourth-order valence-corrected chi connectivity index (χ4v) is 3.85. The molecule has 2 aromatic heterocycles. The number of hydrogen-bond donors (Lipinski definition) is 1. The standard InChI is InChI=1S/C21H22N2O4/c1-3-16(24)23-20-18-17(12-8-5-4-6-10-14(12)22-20)13-9-7-11-15(26-2)19(13)27-21(18)25/h7,9,11H,3-6,8,10H2,1-2H3,(H,22,23,24). The van der Waals surface area contributed by atoms with Gasteiger partial charge in [-0.05, 0) is 37.3 Å². The molecule has 0 atom stereocenters. The molecular formula is C21H22N2O4. The molecule has 1 aliphatic carbocycles. The summed E-state index contributed by atoms with van der Waals surface area (Å²) in [6.45, 7) is 1.77. The summed E-state index contributed by atoms with van der Waals surface area (Å²) in [6, 6.07) is 5.59. The van der Waals surface area contributed by atoms with Crippen molar-refractivity contribution in [3.05, 3.63) is 39.9 Å². The van der Waals surface area contributed by atoms with Crippen LogP contribution in [0.25, 0.3) is 21.7 Å². The lowest BCUT2D eigenvalue weighted by atomic mass is 9.97. The largest absolute Gasteiger partial charge is 0.493 e. The summed E-state index contributed by atoms with van der Waals surface area (Å²) in [5, 5.41) is 4.79. The average Bonchev–Trinajstić information content (AvgIpc) is 2.92. The predicted octanol–water partition coefficient (Wildman–Crippen LogP) is 3.97. The summed E-state index contributed by atoms with van der Waals surface area (Å²) in [5.74, 6) is 0.642. The topological polar surface area (TPSA) is 81.4 Å². The maximum Gasteiger partial charge on any atom is 0.348 e. The molecule has 0 unspecified atom stereocenters. The number of aryl methyl sites for hydroxylation is 2. The summed E-state index contributed by atoms with van der Waals surface area (Å²) < 4.78 is 11.0. The molecule has 1 aliphatic rings. The van der Waals surface area contributed by atoms with Gasteiger partial charge in [0, 0.05) is 22.9 Å². The minimum Gasteiger partial charge on any atom is -0.493 e. The molecule has 140 valence electrons. The Hall–Kier alpha value is -2.89. The van der Waals surface area contributed by atoms with Crippen LogP contribution in [0, 0.1) is 0 Å². The highest BCUT2D eigenvalue weighted by Crippen LogP contribution is 2.37. The highest BCUT2D eigenvalue weighted by molar-refractivity contribution is 6.12. The number of methoxy groups -OCH3 is 1. The van der Waals surface area contributed by atoms with Crippen molar-refractivity contribution in [1.29, 1.82) is 0 Å². The van der Waals surface area contributed by atoms with Gasteiger partial charge in [-0.1, -0.05) is 25.5 Å². The van der Waals surface area contributed by atoms with E-state index < -0.39 is 5.63 Å². The molecule has 0 spiro atoms. The maximum atomic E-state index is 12.9. The number of anilines is 1. The van der Waals surface area contributed by atoms with Crippen molar-refractivity contribution in [3.63, 3.8) is 0 Å². The molecule has 0 aliphatic heterocycles. The molecule has 0 saturated carbocycles. The summed E-state index contributed by atoms with van der Waals surface area (Å²) in [4.78, 5) is 29.6. The molecule has 27 heavy (non-hydrogen) atoms. The van der Waals surface area contributed by atoms with Crippen LogP contribution < -0.4 is 15.7 Å². The van der Waals surface area contributed by atoms with Crippen LogP contribution in [0.1, 0.15) is 43.9 Å². The van der Waals surface area contributed by atoms with Crippen LogP contribution in [-0.4, -0.2) is 18.0 Å². The smallest absolute Gasteiger partial charge is 0.348 e. The molecule has 4 rings (SSSR count). The third kappa shape index (κ3) is 2.95. The molecule has 1 N–H and O–H groups in total. The fourth-order valence-electron chi connectivity index (χ4n) is 3.85. The maximum absolute atomic E-state index is 12.9. The molecule has 0 saturated heterocycles. The Labute approximate surface area is 156 Å². The summed E-state index contributed by atoms with van der Waals surface area (Å²) in [6.07, 6.45) is 5.23. The van der Waals surface area contributed by atoms with E-state index in [1.54, 1.807) is 20.1 Å². The number of fused-ring (bicyclic) bond motifs is 5. The van der Waals surface area contributed by atoms with E-state index in [4.69, 9.17) is 9.15 Å². The van der Waals surface area contributed by atoms with Gasteiger partial charge in [-0.3, -0.25) is 4.79 Å². The molecule has 0 radical (unpaired) electrons. The van der Waals surface area contributed by atoms with E-state index in [2.05, 4.69) is 10.3 Å². The number of hydrogen-bond acceptors (Lipinski definition) is 5. The first-order valence-electron chi connectivity index (χ1n) is 9.39. The van der Waals surface area contributed by atoms with Gasteiger partial charge < -0.3 is 14.5 Å². The van der Waals surface area contributed by atoms with Gasteiger partial charge in [0.2, 0.25) is 5.91 Å². The highest BCUT2D eigenvalue weighted by Gasteiger charge is 2.23. The van der Waals surface area contributed by atoms with Crippen molar-refractivity contribution in [3.8, 4) is 5.75 Å². The molecule has 0 bridgehead atoms. The molecule has 6 nitrogen and oxygen atoms in total. The summed E-state index contributed by atoms with van der Waals surface area (Å²) in [7, 11) is 1.55. The van der Waals surface area contributed by atoms with E-state index in [1.807, 2.05) is 12.1 Å². The van der Waals surface area contributed by atoms with Crippen molar-refractivity contribution in [1.82, 2.24) is 4.98 Å². The molecule has 6 heteroatoms. The van der Waals surface area contributed by atoms with Crippen LogP contribution in [-0.2, 0) is 17.6 Å². The molecule has 2 heterocycles. The van der Waals surface area contributed by atoms with Crippen LogP contribution in [0.5, 0.6) is 5.75 Å². The van der Waals surface area contributed by atoms with Gasteiger partial charge in [0.1, 0.15) is 11.2 Å². The number of nitrogens with zero attached hydrogens (tertiary/aromatic N) is 1. The van der Waals surface area contributed by atoms with Crippen LogP contribution in [0.15, 0.2) is 27.4 Å². The van der Waals surface area contributed by atoms with Crippen LogP contribution >= 0.6 is 0 Å². The van der Waals surface area contributed by atoms with Gasteiger partial charge >= 0.3 is 5.63 Å². The number of ether oxygens (including phenoxy) is 1. The fraction of sp³-hybridized carbons (Fsp3) is 0.381. The molecule has 0 fully saturated rings. The first-order chi connectivity index (χ1) is 13.1. The molecule has 3 aromatic rings. The summed E-state index contributed by atoms with van der Waals surface area (Å²) in [5.41, 5.74) is 1.97. The average molecular weight is 366 g/mol. The van der Waals surface area contributed by atoms with E-state index in [0.29, 0.717) is 29.0 Å². The zero-order chi connectivity index (χ0) is 19.0. The third-order valence-corrected chi connectivity index (χ3v) is 5.17. The van der Waals surface area contributed by atoms with Gasteiger partial charge in [-0.2, -0.15) is 0 Å². The van der Waals surface area contributed by atoms with Crippen molar-refractivity contribution in [2.75, 3.05) is 12.4 Å². The highest BCUT2D eigenvalue weighted by atomic mass is 16.5. The van der Waals surface area contributed by atoms with E-state index in [1.165, 1.54) is 0 Å². The number of carbonyl (C=O) groups excluding carboxylic acids is 1. The Morgan fingerprint density at radius 1 is 1.22 bits per heavy atom. The van der Waals surface area contributed by atoms with E-state index in [0.717, 1.165) is 54.1 Å². The Morgan fingerprint density at radius 3 is 2.81 bits per heavy atom. The zero-order valence-electron chi connectivity index (χ0n) is 15.6. The second kappa shape index (κ2) is 7.02. The first kappa shape index (κ1) is 17.5. The molecule has 1 aromatic carbocycles. The minimum absolute atomic E-state index is 0.178. The van der Waals surface area contributed by atoms with Crippen molar-refractivity contribution in [2.45, 2.75) is 45.4 Å². The number of para-hydroxylation sites is 1. The normalized spacial score (nSPS) is 14.0. The van der Waals surface area contributed by atoms with Gasteiger partial charge in [0.05, 0.1) is 7.11 Å². The Balaban J connectivity index is 2.16. The van der Waals surface area contributed by atoms with Crippen molar-refractivity contribution in [2.24, 2.45) is 0 Å². The van der Waals surface area contributed by atoms with E-state index in [9.17, 15) is 9.59 Å². The second-order valence-corrected chi connectivity index (χ2v) is 6.82. The van der Waals surface area contributed by atoms with Gasteiger partial charge in [-0.25, -0.2) is 9.78 Å². The van der Waals surface area contributed by atoms with E-state index >= 15 is 0 Å². The van der Waals surface area contributed by atoms with Crippen molar-refractivity contribution >= 4 is 33.5 Å². The first-order valence-corrected chi connectivity index (χ1v) is 9.39. The third-order valence-electron chi connectivity index (χ3n) is 5.17. The molecular weight excluding hydrogens is 344 g/mol.